The van der Waals surface area contributed by atoms with Crippen LogP contribution in [0.15, 0.2) is 60.7 Å². The lowest BCUT2D eigenvalue weighted by molar-refractivity contribution is 0.101. The maximum absolute atomic E-state index is 13.8. The largest absolute Gasteiger partial charge is 0.507 e. The molecule has 0 saturated heterocycles. The van der Waals surface area contributed by atoms with Gasteiger partial charge in [0.1, 0.15) is 32.5 Å². The van der Waals surface area contributed by atoms with E-state index < -0.39 is 17.3 Å². The Hall–Kier alpha value is -3.13. The van der Waals surface area contributed by atoms with Gasteiger partial charge in [0.15, 0.2) is 0 Å². The smallest absolute Gasteiger partial charge is 0.215 e. The number of para-hydroxylation sites is 1. The average Bonchev–Trinajstić information content (AvgIpc) is 3.35. The van der Waals surface area contributed by atoms with Gasteiger partial charge < -0.3 is 15.2 Å². The topological polar surface area (TPSA) is 95.3 Å². The number of aromatic nitrogens is 2. The second-order valence-corrected chi connectivity index (χ2v) is 9.86. The van der Waals surface area contributed by atoms with E-state index in [0.717, 1.165) is 4.57 Å². The predicted octanol–water partition coefficient (Wildman–Crippen LogP) is 8.10. The van der Waals surface area contributed by atoms with Gasteiger partial charge in [-0.25, -0.2) is 0 Å². The Morgan fingerprint density at radius 3 is 2.19 bits per heavy atom. The first-order chi connectivity index (χ1) is 17.6. The molecular weight excluding hydrogens is 582 g/mol. The number of aromatic hydroxyl groups is 2. The van der Waals surface area contributed by atoms with Crippen molar-refractivity contribution in [2.75, 3.05) is 0 Å². The molecule has 3 N–H and O–H groups in total. The third-order valence-corrected chi connectivity index (χ3v) is 7.69. The van der Waals surface area contributed by atoms with Crippen LogP contribution in [0.5, 0.6) is 11.5 Å². The first-order valence-corrected chi connectivity index (χ1v) is 12.4. The van der Waals surface area contributed by atoms with Crippen molar-refractivity contribution in [1.82, 2.24) is 9.55 Å². The molecule has 186 valence electrons. The van der Waals surface area contributed by atoms with E-state index in [1.165, 1.54) is 24.3 Å². The highest BCUT2D eigenvalue weighted by atomic mass is 35.5. The number of benzene rings is 3. The van der Waals surface area contributed by atoms with Crippen molar-refractivity contribution in [2.24, 2.45) is 0 Å². The molecule has 0 amide bonds. The third kappa shape index (κ3) is 4.15. The molecule has 2 heterocycles. The van der Waals surface area contributed by atoms with Gasteiger partial charge in [-0.15, -0.1) is 0 Å². The highest BCUT2D eigenvalue weighted by Gasteiger charge is 2.31. The summed E-state index contributed by atoms with van der Waals surface area (Å²) >= 11 is 31.9. The van der Waals surface area contributed by atoms with Crippen molar-refractivity contribution in [3.63, 3.8) is 0 Å². The Bertz CT molecular complexity index is 1760. The lowest BCUT2D eigenvalue weighted by Crippen LogP contribution is -2.13. The maximum atomic E-state index is 13.8. The summed E-state index contributed by atoms with van der Waals surface area (Å²) in [6.45, 7) is 0. The van der Waals surface area contributed by atoms with E-state index in [2.05, 4.69) is 4.98 Å². The van der Waals surface area contributed by atoms with Crippen LogP contribution < -0.4 is 0 Å². The van der Waals surface area contributed by atoms with Gasteiger partial charge in [-0.3, -0.25) is 14.2 Å². The van der Waals surface area contributed by atoms with E-state index in [-0.39, 0.29) is 59.3 Å². The Kier molecular flexibility index (Phi) is 6.64. The summed E-state index contributed by atoms with van der Waals surface area (Å²) in [4.78, 5) is 29.9. The van der Waals surface area contributed by atoms with Gasteiger partial charge in [0.05, 0.1) is 32.6 Å². The van der Waals surface area contributed by atoms with Crippen molar-refractivity contribution in [3.05, 3.63) is 109 Å². The molecule has 6 nitrogen and oxygen atoms in total. The predicted molar refractivity (Wildman–Crippen MR) is 146 cm³/mol. The van der Waals surface area contributed by atoms with Gasteiger partial charge in [0.25, 0.3) is 0 Å². The van der Waals surface area contributed by atoms with Crippen LogP contribution in [0.3, 0.4) is 0 Å². The van der Waals surface area contributed by atoms with E-state index in [1.807, 2.05) is 0 Å². The number of phenolic OH excluding ortho intramolecular Hbond substituents is 2. The van der Waals surface area contributed by atoms with Crippen molar-refractivity contribution < 1.29 is 19.8 Å². The Balaban J connectivity index is 1.74. The van der Waals surface area contributed by atoms with Crippen molar-refractivity contribution >= 4 is 80.3 Å². The number of H-pyrrole nitrogens is 1. The number of phenols is 2. The summed E-state index contributed by atoms with van der Waals surface area (Å²) < 4.78 is 1.16. The maximum Gasteiger partial charge on any atom is 0.215 e. The standard InChI is InChI=1S/C26H13Cl5N2O4/c27-15-10-16(22(35)14-9-11-5-1-2-6-12(11)18(28)23(14)36)33(26(15)31)21-19(29)25(30)32-20(21)24(37)13-7-3-4-8-17(13)34/h1-10,32,34,36H. The molecule has 2 aromatic heterocycles. The van der Waals surface area contributed by atoms with E-state index in [4.69, 9.17) is 58.0 Å². The highest BCUT2D eigenvalue weighted by Crippen LogP contribution is 2.42. The number of hydrogen-bond donors (Lipinski definition) is 3. The van der Waals surface area contributed by atoms with E-state index >= 15 is 0 Å². The summed E-state index contributed by atoms with van der Waals surface area (Å²) in [5.74, 6) is -2.08. The molecule has 11 heteroatoms. The third-order valence-electron chi connectivity index (χ3n) is 5.81. The number of rotatable bonds is 5. The molecule has 0 aliphatic carbocycles. The molecule has 0 atom stereocenters. The number of hydrogen-bond acceptors (Lipinski definition) is 4. The number of aromatic amines is 1. The van der Waals surface area contributed by atoms with Gasteiger partial charge in [0.2, 0.25) is 11.6 Å². The zero-order chi connectivity index (χ0) is 26.6. The van der Waals surface area contributed by atoms with Gasteiger partial charge in [-0.1, -0.05) is 94.4 Å². The molecule has 0 saturated carbocycles. The molecule has 5 rings (SSSR count). The molecule has 0 fully saturated rings. The Labute approximate surface area is 234 Å². The molecule has 0 aliphatic heterocycles. The van der Waals surface area contributed by atoms with Gasteiger partial charge in [-0.2, -0.15) is 0 Å². The normalized spacial score (nSPS) is 11.3. The van der Waals surface area contributed by atoms with E-state index in [0.29, 0.717) is 10.8 Å². The minimum atomic E-state index is -0.701. The highest BCUT2D eigenvalue weighted by molar-refractivity contribution is 6.45. The zero-order valence-electron chi connectivity index (χ0n) is 18.3. The van der Waals surface area contributed by atoms with Crippen LogP contribution in [0.25, 0.3) is 16.5 Å². The van der Waals surface area contributed by atoms with E-state index in [1.54, 1.807) is 36.4 Å². The minimum Gasteiger partial charge on any atom is -0.507 e. The second kappa shape index (κ2) is 9.63. The molecular formula is C26H13Cl5N2O4. The zero-order valence-corrected chi connectivity index (χ0v) is 22.1. The summed E-state index contributed by atoms with van der Waals surface area (Å²) in [7, 11) is 0. The van der Waals surface area contributed by atoms with Gasteiger partial charge in [0, 0.05) is 5.39 Å². The number of carbonyl (C=O) groups is 2. The van der Waals surface area contributed by atoms with Crippen LogP contribution in [0.1, 0.15) is 32.1 Å². The molecule has 0 spiro atoms. The number of nitrogens with zero attached hydrogens (tertiary/aromatic N) is 1. The first-order valence-electron chi connectivity index (χ1n) is 10.5. The van der Waals surface area contributed by atoms with Crippen LogP contribution >= 0.6 is 58.0 Å². The van der Waals surface area contributed by atoms with Gasteiger partial charge in [-0.05, 0) is 29.7 Å². The summed E-state index contributed by atoms with van der Waals surface area (Å²) in [5.41, 5.74) is -0.505. The van der Waals surface area contributed by atoms with Crippen LogP contribution in [0.4, 0.5) is 0 Å². The molecule has 0 bridgehead atoms. The minimum absolute atomic E-state index is 0.00473. The molecule has 3 aromatic carbocycles. The molecule has 37 heavy (non-hydrogen) atoms. The lowest BCUT2D eigenvalue weighted by Gasteiger charge is -2.14. The molecule has 0 unspecified atom stereocenters. The van der Waals surface area contributed by atoms with E-state index in [9.17, 15) is 19.8 Å². The fraction of sp³-hybridized carbons (Fsp3) is 0. The summed E-state index contributed by atoms with van der Waals surface area (Å²) in [5, 5.41) is 21.8. The monoisotopic (exact) mass is 592 g/mol. The molecule has 5 aromatic rings. The number of nitrogens with one attached hydrogen (secondary N) is 1. The van der Waals surface area contributed by atoms with Gasteiger partial charge >= 0.3 is 0 Å². The molecule has 0 aliphatic rings. The lowest BCUT2D eigenvalue weighted by atomic mass is 10.0. The Morgan fingerprint density at radius 1 is 0.784 bits per heavy atom. The fourth-order valence-corrected chi connectivity index (χ4v) is 5.16. The second-order valence-electron chi connectivity index (χ2n) is 7.96. The van der Waals surface area contributed by atoms with Crippen LogP contribution in [0, 0.1) is 0 Å². The van der Waals surface area contributed by atoms with Crippen molar-refractivity contribution in [1.29, 1.82) is 0 Å². The number of fused-ring (bicyclic) bond motifs is 1. The first kappa shape index (κ1) is 25.5. The fourth-order valence-electron chi connectivity index (χ4n) is 4.06. The van der Waals surface area contributed by atoms with Crippen LogP contribution in [-0.2, 0) is 0 Å². The SMILES string of the molecule is O=C(c1ccccc1O)c1[nH]c(Cl)c(Cl)c1-n1c(C(=O)c2cc3ccccc3c(Cl)c2O)cc(Cl)c1Cl. The van der Waals surface area contributed by atoms with Crippen molar-refractivity contribution in [3.8, 4) is 17.2 Å². The van der Waals surface area contributed by atoms with Crippen LogP contribution in [0.2, 0.25) is 25.4 Å². The number of ketones is 2. The summed E-state index contributed by atoms with van der Waals surface area (Å²) in [6, 6.07) is 15.6. The van der Waals surface area contributed by atoms with Crippen LogP contribution in [-0.4, -0.2) is 31.3 Å². The number of halogens is 5. The van der Waals surface area contributed by atoms with Crippen molar-refractivity contribution in [2.45, 2.75) is 0 Å². The quantitative estimate of drug-likeness (QED) is 0.179. The summed E-state index contributed by atoms with van der Waals surface area (Å²) in [6.07, 6.45) is 0. The average molecular weight is 595 g/mol. The Morgan fingerprint density at radius 2 is 1.46 bits per heavy atom. The number of carbonyl (C=O) groups excluding carboxylic acids is 2. The molecule has 0 radical (unpaired) electrons.